The Balaban J connectivity index is 1.74. The van der Waals surface area contributed by atoms with E-state index in [2.05, 4.69) is 26.6 Å². The molecule has 2 rings (SSSR count). The molecule has 18 heavy (non-hydrogen) atoms. The third-order valence-electron chi connectivity index (χ3n) is 3.22. The van der Waals surface area contributed by atoms with Gasteiger partial charge in [-0.25, -0.2) is 0 Å². The second kappa shape index (κ2) is 6.90. The van der Waals surface area contributed by atoms with Gasteiger partial charge in [-0.05, 0) is 37.1 Å². The normalized spacial score (nSPS) is 19.5. The fraction of sp³-hybridized carbons (Fsp3) is 0.500. The van der Waals surface area contributed by atoms with Gasteiger partial charge in [-0.3, -0.25) is 4.79 Å². The summed E-state index contributed by atoms with van der Waals surface area (Å²) in [7, 11) is 0. The molecule has 1 heterocycles. The summed E-state index contributed by atoms with van der Waals surface area (Å²) in [5.74, 6) is 0.134. The number of hydrogen-bond acceptors (Lipinski definition) is 2. The first-order chi connectivity index (χ1) is 8.74. The fourth-order valence-corrected chi connectivity index (χ4v) is 2.69. The van der Waals surface area contributed by atoms with E-state index in [4.69, 9.17) is 0 Å². The van der Waals surface area contributed by atoms with Crippen LogP contribution in [0, 0.1) is 0 Å². The molecule has 0 radical (unpaired) electrons. The van der Waals surface area contributed by atoms with E-state index in [1.54, 1.807) is 0 Å². The number of halogens is 1. The number of rotatable bonds is 4. The summed E-state index contributed by atoms with van der Waals surface area (Å²) >= 11 is 3.43. The molecule has 1 fully saturated rings. The summed E-state index contributed by atoms with van der Waals surface area (Å²) < 4.78 is 1.04. The fourth-order valence-electron chi connectivity index (χ4n) is 2.24. The maximum absolute atomic E-state index is 11.8. The van der Waals surface area contributed by atoms with Gasteiger partial charge in [0.05, 0.1) is 0 Å². The second-order valence-electron chi connectivity index (χ2n) is 4.76. The van der Waals surface area contributed by atoms with Gasteiger partial charge in [0, 0.05) is 23.5 Å². The molecule has 0 aliphatic carbocycles. The van der Waals surface area contributed by atoms with Crippen LogP contribution in [-0.2, 0) is 11.3 Å². The van der Waals surface area contributed by atoms with Crippen molar-refractivity contribution >= 4 is 21.8 Å². The lowest BCUT2D eigenvalue weighted by Crippen LogP contribution is -2.38. The molecule has 1 aromatic carbocycles. The second-order valence-corrected chi connectivity index (χ2v) is 5.67. The third-order valence-corrected chi connectivity index (χ3v) is 3.72. The van der Waals surface area contributed by atoms with Crippen LogP contribution >= 0.6 is 15.9 Å². The van der Waals surface area contributed by atoms with Crippen molar-refractivity contribution in [2.24, 2.45) is 0 Å². The zero-order chi connectivity index (χ0) is 12.8. The van der Waals surface area contributed by atoms with Crippen LogP contribution in [0.5, 0.6) is 0 Å². The number of benzene rings is 1. The van der Waals surface area contributed by atoms with E-state index in [0.717, 1.165) is 23.0 Å². The lowest BCUT2D eigenvalue weighted by atomic mass is 10.0. The number of amides is 1. The Hall–Kier alpha value is -0.870. The van der Waals surface area contributed by atoms with Gasteiger partial charge in [-0.15, -0.1) is 0 Å². The molecule has 1 aliphatic heterocycles. The Morgan fingerprint density at radius 2 is 2.33 bits per heavy atom. The molecule has 1 aromatic rings. The molecule has 4 heteroatoms. The predicted octanol–water partition coefficient (Wildman–Crippen LogP) is 2.60. The van der Waals surface area contributed by atoms with Crippen molar-refractivity contribution in [2.45, 2.75) is 38.3 Å². The van der Waals surface area contributed by atoms with E-state index in [9.17, 15) is 4.79 Å². The average Bonchev–Trinajstić information content (AvgIpc) is 2.38. The number of carbonyl (C=O) groups is 1. The van der Waals surface area contributed by atoms with Crippen molar-refractivity contribution in [3.05, 3.63) is 34.3 Å². The molecule has 0 saturated carbocycles. The summed E-state index contributed by atoms with van der Waals surface area (Å²) in [6.45, 7) is 1.65. The Morgan fingerprint density at radius 3 is 3.06 bits per heavy atom. The molecular weight excluding hydrogens is 292 g/mol. The molecule has 98 valence electrons. The van der Waals surface area contributed by atoms with Gasteiger partial charge in [-0.1, -0.05) is 34.5 Å². The van der Waals surface area contributed by atoms with E-state index in [1.165, 1.54) is 12.8 Å². The summed E-state index contributed by atoms with van der Waals surface area (Å²) in [6, 6.07) is 8.37. The number of nitrogens with one attached hydrogen (secondary N) is 2. The Labute approximate surface area is 116 Å². The summed E-state index contributed by atoms with van der Waals surface area (Å²) in [6.07, 6.45) is 4.17. The first kappa shape index (κ1) is 13.6. The molecule has 1 aliphatic rings. The van der Waals surface area contributed by atoms with Crippen LogP contribution in [-0.4, -0.2) is 18.5 Å². The van der Waals surface area contributed by atoms with Gasteiger partial charge in [0.2, 0.25) is 5.91 Å². The molecule has 1 unspecified atom stereocenters. The smallest absolute Gasteiger partial charge is 0.221 e. The number of hydrogen-bond donors (Lipinski definition) is 2. The molecule has 1 saturated heterocycles. The van der Waals surface area contributed by atoms with Gasteiger partial charge < -0.3 is 10.6 Å². The van der Waals surface area contributed by atoms with Crippen molar-refractivity contribution in [1.29, 1.82) is 0 Å². The molecular formula is C14H19BrN2O. The van der Waals surface area contributed by atoms with E-state index in [0.29, 0.717) is 19.0 Å². The minimum absolute atomic E-state index is 0.134. The van der Waals surface area contributed by atoms with E-state index < -0.39 is 0 Å². The van der Waals surface area contributed by atoms with Crippen LogP contribution < -0.4 is 10.6 Å². The van der Waals surface area contributed by atoms with Gasteiger partial charge >= 0.3 is 0 Å². The maximum atomic E-state index is 11.8. The minimum atomic E-state index is 0.134. The largest absolute Gasteiger partial charge is 0.352 e. The van der Waals surface area contributed by atoms with Gasteiger partial charge in [-0.2, -0.15) is 0 Å². The Morgan fingerprint density at radius 1 is 1.44 bits per heavy atom. The van der Waals surface area contributed by atoms with Crippen molar-refractivity contribution in [2.75, 3.05) is 6.54 Å². The molecule has 0 bridgehead atoms. The van der Waals surface area contributed by atoms with Crippen LogP contribution in [0.25, 0.3) is 0 Å². The highest BCUT2D eigenvalue weighted by Gasteiger charge is 2.15. The zero-order valence-corrected chi connectivity index (χ0v) is 12.0. The first-order valence-corrected chi connectivity index (χ1v) is 7.28. The monoisotopic (exact) mass is 310 g/mol. The van der Waals surface area contributed by atoms with Crippen molar-refractivity contribution in [1.82, 2.24) is 10.6 Å². The maximum Gasteiger partial charge on any atom is 0.221 e. The summed E-state index contributed by atoms with van der Waals surface area (Å²) in [4.78, 5) is 11.8. The van der Waals surface area contributed by atoms with E-state index >= 15 is 0 Å². The van der Waals surface area contributed by atoms with Crippen LogP contribution in [0.2, 0.25) is 0 Å². The third kappa shape index (κ3) is 4.42. The topological polar surface area (TPSA) is 41.1 Å². The number of carbonyl (C=O) groups excluding carboxylic acids is 1. The quantitative estimate of drug-likeness (QED) is 0.897. The average molecular weight is 311 g/mol. The standard InChI is InChI=1S/C14H19BrN2O/c15-12-5-3-4-11(8-12)10-17-14(18)9-13-6-1-2-7-16-13/h3-5,8,13,16H,1-2,6-7,9-10H2,(H,17,18). The molecule has 2 N–H and O–H groups in total. The number of piperidine rings is 1. The van der Waals surface area contributed by atoms with E-state index in [1.807, 2.05) is 24.3 Å². The predicted molar refractivity (Wildman–Crippen MR) is 76.2 cm³/mol. The Bertz CT molecular complexity index is 403. The van der Waals surface area contributed by atoms with Crippen molar-refractivity contribution in [3.63, 3.8) is 0 Å². The minimum Gasteiger partial charge on any atom is -0.352 e. The van der Waals surface area contributed by atoms with Gasteiger partial charge in [0.15, 0.2) is 0 Å². The molecule has 3 nitrogen and oxygen atoms in total. The summed E-state index contributed by atoms with van der Waals surface area (Å²) in [5.41, 5.74) is 1.12. The molecule has 1 amide bonds. The highest BCUT2D eigenvalue weighted by atomic mass is 79.9. The molecule has 0 spiro atoms. The lowest BCUT2D eigenvalue weighted by Gasteiger charge is -2.22. The van der Waals surface area contributed by atoms with Crippen LogP contribution in [0.1, 0.15) is 31.2 Å². The van der Waals surface area contributed by atoms with Crippen molar-refractivity contribution in [3.8, 4) is 0 Å². The van der Waals surface area contributed by atoms with Crippen LogP contribution in [0.3, 0.4) is 0 Å². The van der Waals surface area contributed by atoms with Gasteiger partial charge in [0.25, 0.3) is 0 Å². The molecule has 1 atom stereocenters. The first-order valence-electron chi connectivity index (χ1n) is 6.48. The van der Waals surface area contributed by atoms with Gasteiger partial charge in [0.1, 0.15) is 0 Å². The highest BCUT2D eigenvalue weighted by Crippen LogP contribution is 2.12. The SMILES string of the molecule is O=C(CC1CCCCN1)NCc1cccc(Br)c1. The lowest BCUT2D eigenvalue weighted by molar-refractivity contribution is -0.121. The Kier molecular flexibility index (Phi) is 5.20. The molecule has 0 aromatic heterocycles. The van der Waals surface area contributed by atoms with Crippen LogP contribution in [0.4, 0.5) is 0 Å². The van der Waals surface area contributed by atoms with Crippen molar-refractivity contribution < 1.29 is 4.79 Å². The zero-order valence-electron chi connectivity index (χ0n) is 10.4. The highest BCUT2D eigenvalue weighted by molar-refractivity contribution is 9.10. The van der Waals surface area contributed by atoms with Crippen LogP contribution in [0.15, 0.2) is 28.7 Å². The van der Waals surface area contributed by atoms with E-state index in [-0.39, 0.29) is 5.91 Å². The summed E-state index contributed by atoms with van der Waals surface area (Å²) in [5, 5.41) is 6.36.